The largest absolute Gasteiger partial charge is 0.481 e. The third kappa shape index (κ3) is 4.79. The Morgan fingerprint density at radius 2 is 1.80 bits per heavy atom. The van der Waals surface area contributed by atoms with E-state index < -0.39 is 36.0 Å². The average Bonchev–Trinajstić information content (AvgIpc) is 2.95. The minimum atomic E-state index is -0.953. The minimum absolute atomic E-state index is 0.193. The number of hydrogen-bond acceptors (Lipinski definition) is 6. The van der Waals surface area contributed by atoms with Gasteiger partial charge in [-0.15, -0.1) is 0 Å². The van der Waals surface area contributed by atoms with Crippen molar-refractivity contribution in [2.45, 2.75) is 63.6 Å². The van der Waals surface area contributed by atoms with Crippen LogP contribution in [0.25, 0.3) is 0 Å². The molecule has 1 aromatic carbocycles. The Kier molecular flexibility index (Phi) is 7.04. The molecule has 2 heterocycles. The predicted molar refractivity (Wildman–Crippen MR) is 108 cm³/mol. The van der Waals surface area contributed by atoms with Crippen molar-refractivity contribution in [3.8, 4) is 0 Å². The van der Waals surface area contributed by atoms with Gasteiger partial charge in [0.05, 0.1) is 11.1 Å². The van der Waals surface area contributed by atoms with Crippen LogP contribution in [0.5, 0.6) is 0 Å². The van der Waals surface area contributed by atoms with E-state index in [0.717, 1.165) is 30.6 Å². The lowest BCUT2D eigenvalue weighted by Gasteiger charge is -2.31. The Morgan fingerprint density at radius 1 is 1.07 bits per heavy atom. The van der Waals surface area contributed by atoms with Gasteiger partial charge in [0.2, 0.25) is 5.91 Å². The lowest BCUT2D eigenvalue weighted by Crippen LogP contribution is -2.55. The summed E-state index contributed by atoms with van der Waals surface area (Å²) in [6.07, 6.45) is 4.02. The zero-order chi connectivity index (χ0) is 21.7. The molecule has 2 atom stereocenters. The predicted octanol–water partition coefficient (Wildman–Crippen LogP) is 1.72. The summed E-state index contributed by atoms with van der Waals surface area (Å²) in [4.78, 5) is 49.5. The van der Waals surface area contributed by atoms with Crippen LogP contribution in [0.4, 0.5) is 5.69 Å². The number of carboxylic acid groups (broad SMARTS) is 1. The number of aliphatic carboxylic acids is 1. The topological polar surface area (TPSA) is 136 Å². The molecular formula is C21H27N3O6. The second-order valence-electron chi connectivity index (χ2n) is 7.66. The van der Waals surface area contributed by atoms with Gasteiger partial charge < -0.3 is 20.8 Å². The summed E-state index contributed by atoms with van der Waals surface area (Å²) in [6.45, 7) is 0.618. The van der Waals surface area contributed by atoms with E-state index in [4.69, 9.17) is 5.11 Å². The molecule has 0 aliphatic carbocycles. The number of benzene rings is 1. The number of nitrogens with one attached hydrogen (secondary N) is 2. The van der Waals surface area contributed by atoms with E-state index in [0.29, 0.717) is 18.7 Å². The second kappa shape index (κ2) is 9.71. The zero-order valence-electron chi connectivity index (χ0n) is 16.7. The molecule has 0 saturated carbocycles. The number of nitrogens with zero attached hydrogens (tertiary/aromatic N) is 1. The minimum Gasteiger partial charge on any atom is -0.481 e. The van der Waals surface area contributed by atoms with E-state index in [-0.39, 0.29) is 30.4 Å². The molecule has 0 radical (unpaired) electrons. The van der Waals surface area contributed by atoms with Crippen molar-refractivity contribution in [2.75, 3.05) is 11.9 Å². The summed E-state index contributed by atoms with van der Waals surface area (Å²) in [7, 11) is 0. The van der Waals surface area contributed by atoms with Gasteiger partial charge in [-0.1, -0.05) is 25.3 Å². The number of aliphatic hydroxyl groups excluding tert-OH is 1. The summed E-state index contributed by atoms with van der Waals surface area (Å²) in [6, 6.07) is 4.11. The Hall–Kier alpha value is -2.94. The average molecular weight is 417 g/mol. The first-order valence-corrected chi connectivity index (χ1v) is 10.3. The fourth-order valence-electron chi connectivity index (χ4n) is 3.91. The van der Waals surface area contributed by atoms with Gasteiger partial charge in [-0.05, 0) is 37.8 Å². The lowest BCUT2D eigenvalue weighted by atomic mass is 10.0. The molecule has 162 valence electrons. The molecule has 30 heavy (non-hydrogen) atoms. The van der Waals surface area contributed by atoms with Crippen molar-refractivity contribution in [1.29, 1.82) is 0 Å². The van der Waals surface area contributed by atoms with Gasteiger partial charge >= 0.3 is 5.97 Å². The van der Waals surface area contributed by atoms with Gasteiger partial charge in [-0.2, -0.15) is 0 Å². The van der Waals surface area contributed by atoms with Crippen molar-refractivity contribution in [1.82, 2.24) is 10.2 Å². The van der Waals surface area contributed by atoms with Crippen molar-refractivity contribution in [3.05, 3.63) is 29.3 Å². The number of amides is 3. The Labute approximate surface area is 174 Å². The first-order chi connectivity index (χ1) is 14.4. The number of imide groups is 1. The highest BCUT2D eigenvalue weighted by molar-refractivity contribution is 6.25. The van der Waals surface area contributed by atoms with Crippen LogP contribution in [0.15, 0.2) is 18.2 Å². The van der Waals surface area contributed by atoms with Gasteiger partial charge in [0.25, 0.3) is 11.8 Å². The summed E-state index contributed by atoms with van der Waals surface area (Å²) < 4.78 is 0. The van der Waals surface area contributed by atoms with E-state index in [1.807, 2.05) is 0 Å². The molecule has 3 amide bonds. The number of unbranched alkanes of at least 4 members (excludes halogenated alkanes) is 4. The molecule has 9 nitrogen and oxygen atoms in total. The van der Waals surface area contributed by atoms with E-state index in [2.05, 4.69) is 10.6 Å². The Bertz CT molecular complexity index is 840. The number of piperidine rings is 1. The smallest absolute Gasteiger partial charge is 0.303 e. The molecule has 1 fully saturated rings. The van der Waals surface area contributed by atoms with Gasteiger partial charge in [-0.25, -0.2) is 0 Å². The van der Waals surface area contributed by atoms with E-state index >= 15 is 0 Å². The molecule has 2 unspecified atom stereocenters. The van der Waals surface area contributed by atoms with Gasteiger partial charge in [0, 0.05) is 18.7 Å². The normalized spacial score (nSPS) is 20.8. The maximum Gasteiger partial charge on any atom is 0.303 e. The van der Waals surface area contributed by atoms with Crippen LogP contribution in [-0.2, 0) is 9.59 Å². The van der Waals surface area contributed by atoms with Crippen LogP contribution < -0.4 is 10.6 Å². The van der Waals surface area contributed by atoms with E-state index in [9.17, 15) is 24.3 Å². The molecule has 9 heteroatoms. The molecule has 1 aromatic rings. The quantitative estimate of drug-likeness (QED) is 0.336. The van der Waals surface area contributed by atoms with Crippen molar-refractivity contribution in [3.63, 3.8) is 0 Å². The van der Waals surface area contributed by atoms with Crippen LogP contribution in [0.1, 0.15) is 72.1 Å². The van der Waals surface area contributed by atoms with Gasteiger partial charge in [0.15, 0.2) is 0 Å². The van der Waals surface area contributed by atoms with Crippen LogP contribution in [0, 0.1) is 0 Å². The molecule has 4 N–H and O–H groups in total. The molecule has 3 rings (SSSR count). The summed E-state index contributed by atoms with van der Waals surface area (Å²) in [5.41, 5.74) is 1.12. The molecule has 2 aliphatic rings. The maximum atomic E-state index is 13.0. The number of fused-ring (bicyclic) bond motifs is 1. The lowest BCUT2D eigenvalue weighted by molar-refractivity contribution is -0.137. The van der Waals surface area contributed by atoms with E-state index in [1.165, 1.54) is 0 Å². The highest BCUT2D eigenvalue weighted by Gasteiger charge is 2.45. The number of hydrogen-bond donors (Lipinski definition) is 4. The molecule has 0 spiro atoms. The SMILES string of the molecule is O=C(O)CCCCCCCNc1cccc2c1C(=O)N(C1CCC(O)NC1=O)C2=O. The number of aliphatic hydroxyl groups is 1. The highest BCUT2D eigenvalue weighted by Crippen LogP contribution is 2.32. The standard InChI is InChI=1S/C21H27N3O6/c25-16-11-10-15(19(28)23-16)24-20(29)13-7-6-8-14(18(13)21(24)30)22-12-5-3-1-2-4-9-17(26)27/h6-8,15-16,22,25H,1-5,9-12H2,(H,23,28)(H,26,27). The number of anilines is 1. The van der Waals surface area contributed by atoms with E-state index in [1.54, 1.807) is 18.2 Å². The number of carbonyl (C=O) groups is 4. The monoisotopic (exact) mass is 417 g/mol. The van der Waals surface area contributed by atoms with Crippen LogP contribution in [0.3, 0.4) is 0 Å². The van der Waals surface area contributed by atoms with Crippen molar-refractivity contribution >= 4 is 29.4 Å². The number of carboxylic acids is 1. The maximum absolute atomic E-state index is 13.0. The van der Waals surface area contributed by atoms with Crippen LogP contribution in [0.2, 0.25) is 0 Å². The fraction of sp³-hybridized carbons (Fsp3) is 0.524. The van der Waals surface area contributed by atoms with Crippen LogP contribution in [-0.4, -0.2) is 57.6 Å². The molecule has 1 saturated heterocycles. The fourth-order valence-corrected chi connectivity index (χ4v) is 3.91. The third-order valence-electron chi connectivity index (χ3n) is 5.47. The first-order valence-electron chi connectivity index (χ1n) is 10.3. The molecular weight excluding hydrogens is 390 g/mol. The van der Waals surface area contributed by atoms with Crippen molar-refractivity contribution in [2.24, 2.45) is 0 Å². The Morgan fingerprint density at radius 3 is 2.53 bits per heavy atom. The van der Waals surface area contributed by atoms with Crippen molar-refractivity contribution < 1.29 is 29.4 Å². The first kappa shape index (κ1) is 21.8. The number of carbonyl (C=O) groups excluding carboxylic acids is 3. The number of rotatable bonds is 10. The van der Waals surface area contributed by atoms with Crippen LogP contribution >= 0.6 is 0 Å². The summed E-state index contributed by atoms with van der Waals surface area (Å²) >= 11 is 0. The summed E-state index contributed by atoms with van der Waals surface area (Å²) in [5, 5.41) is 23.8. The highest BCUT2D eigenvalue weighted by atomic mass is 16.4. The molecule has 0 bridgehead atoms. The third-order valence-corrected chi connectivity index (χ3v) is 5.47. The summed E-state index contributed by atoms with van der Waals surface area (Å²) in [5.74, 6) is -2.29. The van der Waals surface area contributed by atoms with Gasteiger partial charge in [0.1, 0.15) is 12.3 Å². The zero-order valence-corrected chi connectivity index (χ0v) is 16.7. The Balaban J connectivity index is 1.57. The van der Waals surface area contributed by atoms with Gasteiger partial charge in [-0.3, -0.25) is 24.1 Å². The second-order valence-corrected chi connectivity index (χ2v) is 7.66. The molecule has 2 aliphatic heterocycles. The molecule has 0 aromatic heterocycles.